The minimum Gasteiger partial charge on any atom is -0.390 e. The molecule has 0 aromatic rings. The van der Waals surface area contributed by atoms with Crippen molar-refractivity contribution in [2.24, 2.45) is 5.92 Å². The molecule has 1 saturated heterocycles. The minimum absolute atomic E-state index is 0.371. The van der Waals surface area contributed by atoms with Gasteiger partial charge in [-0.25, -0.2) is 0 Å². The van der Waals surface area contributed by atoms with Gasteiger partial charge >= 0.3 is 0 Å². The van der Waals surface area contributed by atoms with Crippen LogP contribution in [0.5, 0.6) is 0 Å². The Labute approximate surface area is 93.0 Å². The van der Waals surface area contributed by atoms with E-state index in [0.717, 1.165) is 32.3 Å². The lowest BCUT2D eigenvalue weighted by molar-refractivity contribution is -0.0322. The van der Waals surface area contributed by atoms with Crippen molar-refractivity contribution < 1.29 is 9.84 Å². The highest BCUT2D eigenvalue weighted by Crippen LogP contribution is 2.36. The minimum atomic E-state index is -0.371. The van der Waals surface area contributed by atoms with Gasteiger partial charge in [-0.2, -0.15) is 0 Å². The quantitative estimate of drug-likeness (QED) is 0.779. The van der Waals surface area contributed by atoms with E-state index in [2.05, 4.69) is 6.92 Å². The molecule has 1 N–H and O–H groups in total. The Hall–Kier alpha value is -0.0800. The van der Waals surface area contributed by atoms with E-state index in [1.807, 2.05) is 0 Å². The Kier molecular flexibility index (Phi) is 3.68. The van der Waals surface area contributed by atoms with Gasteiger partial charge in [0.1, 0.15) is 0 Å². The number of hydrogen-bond acceptors (Lipinski definition) is 2. The molecule has 0 aromatic carbocycles. The molecule has 0 amide bonds. The summed E-state index contributed by atoms with van der Waals surface area (Å²) < 4.78 is 5.60. The van der Waals surface area contributed by atoms with Crippen LogP contribution in [0.3, 0.4) is 0 Å². The largest absolute Gasteiger partial charge is 0.390 e. The van der Waals surface area contributed by atoms with Gasteiger partial charge in [0, 0.05) is 6.61 Å². The van der Waals surface area contributed by atoms with Crippen LogP contribution in [0.1, 0.15) is 58.3 Å². The van der Waals surface area contributed by atoms with Gasteiger partial charge in [0.2, 0.25) is 0 Å². The molecule has 3 unspecified atom stereocenters. The first-order valence-corrected chi connectivity index (χ1v) is 6.52. The molecule has 1 saturated carbocycles. The van der Waals surface area contributed by atoms with Crippen LogP contribution in [0.2, 0.25) is 0 Å². The highest BCUT2D eigenvalue weighted by Gasteiger charge is 2.33. The molecule has 3 atom stereocenters. The van der Waals surface area contributed by atoms with Gasteiger partial charge in [-0.15, -0.1) is 0 Å². The summed E-state index contributed by atoms with van der Waals surface area (Å²) in [5.74, 6) is 0.702. The predicted molar refractivity (Wildman–Crippen MR) is 60.8 cm³/mol. The van der Waals surface area contributed by atoms with Crippen molar-refractivity contribution in [1.82, 2.24) is 0 Å². The van der Waals surface area contributed by atoms with E-state index in [9.17, 15) is 5.11 Å². The number of hydrogen-bond donors (Lipinski definition) is 1. The highest BCUT2D eigenvalue weighted by molar-refractivity contribution is 4.86. The standard InChI is InChI=1S/C13H24O2/c1-11-4-2-7-13(14,10-11)8-6-12-5-3-9-15-12/h11-12,14H,2-10H2,1H3. The summed E-state index contributed by atoms with van der Waals surface area (Å²) in [5, 5.41) is 10.4. The Morgan fingerprint density at radius 3 is 2.87 bits per heavy atom. The van der Waals surface area contributed by atoms with Crippen molar-refractivity contribution in [3.8, 4) is 0 Å². The zero-order valence-corrected chi connectivity index (χ0v) is 9.87. The van der Waals surface area contributed by atoms with E-state index in [4.69, 9.17) is 4.74 Å². The molecule has 0 aromatic heterocycles. The third-order valence-corrected chi connectivity index (χ3v) is 4.02. The summed E-state index contributed by atoms with van der Waals surface area (Å²) in [7, 11) is 0. The fourth-order valence-corrected chi connectivity index (χ4v) is 3.16. The van der Waals surface area contributed by atoms with Crippen LogP contribution < -0.4 is 0 Å². The van der Waals surface area contributed by atoms with E-state index in [1.165, 1.54) is 25.7 Å². The maximum Gasteiger partial charge on any atom is 0.0651 e. The number of rotatable bonds is 3. The maximum absolute atomic E-state index is 10.4. The molecular weight excluding hydrogens is 188 g/mol. The molecule has 2 fully saturated rings. The number of aliphatic hydroxyl groups is 1. The summed E-state index contributed by atoms with van der Waals surface area (Å²) >= 11 is 0. The van der Waals surface area contributed by atoms with Gasteiger partial charge in [0.05, 0.1) is 11.7 Å². The average Bonchev–Trinajstić information content (AvgIpc) is 2.67. The molecule has 1 aliphatic heterocycles. The van der Waals surface area contributed by atoms with Gasteiger partial charge in [-0.1, -0.05) is 19.8 Å². The van der Waals surface area contributed by atoms with Crippen LogP contribution in [0.25, 0.3) is 0 Å². The zero-order chi connectivity index (χ0) is 10.7. The Morgan fingerprint density at radius 2 is 2.20 bits per heavy atom. The normalized spacial score (nSPS) is 42.0. The Bertz CT molecular complexity index is 199. The molecule has 0 bridgehead atoms. The van der Waals surface area contributed by atoms with Crippen molar-refractivity contribution in [2.75, 3.05) is 6.61 Å². The molecule has 2 rings (SSSR count). The smallest absolute Gasteiger partial charge is 0.0651 e. The molecular formula is C13H24O2. The van der Waals surface area contributed by atoms with Crippen LogP contribution in [-0.4, -0.2) is 23.4 Å². The second kappa shape index (κ2) is 4.84. The first kappa shape index (κ1) is 11.4. The van der Waals surface area contributed by atoms with E-state index < -0.39 is 0 Å². The summed E-state index contributed by atoms with van der Waals surface area (Å²) in [5.41, 5.74) is -0.371. The topological polar surface area (TPSA) is 29.5 Å². The molecule has 2 aliphatic rings. The summed E-state index contributed by atoms with van der Waals surface area (Å²) in [4.78, 5) is 0. The van der Waals surface area contributed by atoms with Crippen molar-refractivity contribution in [3.63, 3.8) is 0 Å². The van der Waals surface area contributed by atoms with Crippen molar-refractivity contribution in [2.45, 2.75) is 70.0 Å². The Balaban J connectivity index is 1.76. The molecule has 2 nitrogen and oxygen atoms in total. The lowest BCUT2D eigenvalue weighted by atomic mass is 9.76. The summed E-state index contributed by atoms with van der Waals surface area (Å²) in [6, 6.07) is 0. The molecule has 88 valence electrons. The predicted octanol–water partition coefficient (Wildman–Crippen LogP) is 2.89. The van der Waals surface area contributed by atoms with Gasteiger partial charge in [-0.05, 0) is 44.4 Å². The maximum atomic E-state index is 10.4. The first-order valence-electron chi connectivity index (χ1n) is 6.52. The van der Waals surface area contributed by atoms with Crippen molar-refractivity contribution in [3.05, 3.63) is 0 Å². The van der Waals surface area contributed by atoms with E-state index in [-0.39, 0.29) is 5.60 Å². The molecule has 0 spiro atoms. The lowest BCUT2D eigenvalue weighted by Crippen LogP contribution is -2.35. The summed E-state index contributed by atoms with van der Waals surface area (Å²) in [6.07, 6.45) is 9.34. The molecule has 0 radical (unpaired) electrons. The van der Waals surface area contributed by atoms with E-state index >= 15 is 0 Å². The van der Waals surface area contributed by atoms with Gasteiger partial charge < -0.3 is 9.84 Å². The third kappa shape index (κ3) is 3.18. The highest BCUT2D eigenvalue weighted by atomic mass is 16.5. The fraction of sp³-hybridized carbons (Fsp3) is 1.00. The molecule has 1 aliphatic carbocycles. The molecule has 1 heterocycles. The van der Waals surface area contributed by atoms with Gasteiger partial charge in [0.15, 0.2) is 0 Å². The zero-order valence-electron chi connectivity index (χ0n) is 9.87. The fourth-order valence-electron chi connectivity index (χ4n) is 3.16. The lowest BCUT2D eigenvalue weighted by Gasteiger charge is -2.36. The van der Waals surface area contributed by atoms with E-state index in [1.54, 1.807) is 0 Å². The monoisotopic (exact) mass is 212 g/mol. The van der Waals surface area contributed by atoms with Crippen LogP contribution >= 0.6 is 0 Å². The second-order valence-corrected chi connectivity index (χ2v) is 5.60. The third-order valence-electron chi connectivity index (χ3n) is 4.02. The van der Waals surface area contributed by atoms with Gasteiger partial charge in [-0.3, -0.25) is 0 Å². The average molecular weight is 212 g/mol. The second-order valence-electron chi connectivity index (χ2n) is 5.60. The van der Waals surface area contributed by atoms with Crippen LogP contribution in [0.4, 0.5) is 0 Å². The van der Waals surface area contributed by atoms with E-state index in [0.29, 0.717) is 12.0 Å². The first-order chi connectivity index (χ1) is 7.18. The van der Waals surface area contributed by atoms with Crippen LogP contribution in [0, 0.1) is 5.92 Å². The van der Waals surface area contributed by atoms with Crippen LogP contribution in [0.15, 0.2) is 0 Å². The molecule has 2 heteroatoms. The molecule has 15 heavy (non-hydrogen) atoms. The van der Waals surface area contributed by atoms with Crippen molar-refractivity contribution >= 4 is 0 Å². The van der Waals surface area contributed by atoms with Gasteiger partial charge in [0.25, 0.3) is 0 Å². The van der Waals surface area contributed by atoms with Crippen LogP contribution in [-0.2, 0) is 4.74 Å². The van der Waals surface area contributed by atoms with Crippen molar-refractivity contribution in [1.29, 1.82) is 0 Å². The SMILES string of the molecule is CC1CCCC(O)(CCC2CCCO2)C1. The number of ether oxygens (including phenoxy) is 1. The summed E-state index contributed by atoms with van der Waals surface area (Å²) in [6.45, 7) is 3.19. The Morgan fingerprint density at radius 1 is 1.33 bits per heavy atom.